The Kier molecular flexibility index (Phi) is 4.07. The summed E-state index contributed by atoms with van der Waals surface area (Å²) < 4.78 is 5.62. The topological polar surface area (TPSA) is 67.6 Å². The minimum Gasteiger partial charge on any atom is -0.492 e. The van der Waals surface area contributed by atoms with E-state index in [1.54, 1.807) is 0 Å². The number of carbonyl (C=O) groups is 1. The van der Waals surface area contributed by atoms with E-state index in [0.717, 1.165) is 30.8 Å². The first-order valence-corrected chi connectivity index (χ1v) is 6.47. The molecule has 1 aromatic carbocycles. The molecule has 1 aliphatic carbocycles. The fraction of sp³-hybridized carbons (Fsp3) is 0.500. The van der Waals surface area contributed by atoms with Crippen LogP contribution in [0.15, 0.2) is 24.3 Å². The van der Waals surface area contributed by atoms with Crippen molar-refractivity contribution in [2.45, 2.75) is 18.4 Å². The quantitative estimate of drug-likeness (QED) is 0.805. The van der Waals surface area contributed by atoms with Gasteiger partial charge in [-0.1, -0.05) is 6.07 Å². The lowest BCUT2D eigenvalue weighted by molar-refractivity contribution is -0.118. The normalized spacial score (nSPS) is 16.2. The van der Waals surface area contributed by atoms with Crippen LogP contribution in [-0.2, 0) is 4.79 Å². The molecule has 0 saturated heterocycles. The van der Waals surface area contributed by atoms with E-state index in [9.17, 15) is 4.79 Å². The average molecular weight is 263 g/mol. The van der Waals surface area contributed by atoms with Gasteiger partial charge in [0, 0.05) is 18.3 Å². The lowest BCUT2D eigenvalue weighted by atomic mass is 10.2. The Morgan fingerprint density at radius 3 is 2.84 bits per heavy atom. The Bertz CT molecular complexity index is 456. The SMILES string of the molecule is CN(C)CCOc1cccc(NC(=O)C2(N)CC2)c1. The number of rotatable bonds is 6. The number of amides is 1. The summed E-state index contributed by atoms with van der Waals surface area (Å²) in [5.41, 5.74) is 5.92. The van der Waals surface area contributed by atoms with Gasteiger partial charge in [-0.15, -0.1) is 0 Å². The molecule has 104 valence electrons. The van der Waals surface area contributed by atoms with Gasteiger partial charge in [0.1, 0.15) is 12.4 Å². The third kappa shape index (κ3) is 3.94. The highest BCUT2D eigenvalue weighted by molar-refractivity contribution is 6.00. The number of hydrogen-bond donors (Lipinski definition) is 2. The molecule has 1 amide bonds. The summed E-state index contributed by atoms with van der Waals surface area (Å²) in [5.74, 6) is 0.638. The first-order valence-electron chi connectivity index (χ1n) is 6.47. The molecule has 5 nitrogen and oxygen atoms in total. The van der Waals surface area contributed by atoms with E-state index >= 15 is 0 Å². The summed E-state index contributed by atoms with van der Waals surface area (Å²) in [6.45, 7) is 1.47. The molecule has 0 bridgehead atoms. The highest BCUT2D eigenvalue weighted by Crippen LogP contribution is 2.33. The van der Waals surface area contributed by atoms with Crippen molar-refractivity contribution in [3.8, 4) is 5.75 Å². The van der Waals surface area contributed by atoms with Gasteiger partial charge in [-0.25, -0.2) is 0 Å². The summed E-state index contributed by atoms with van der Waals surface area (Å²) in [7, 11) is 3.99. The van der Waals surface area contributed by atoms with Gasteiger partial charge in [0.15, 0.2) is 0 Å². The van der Waals surface area contributed by atoms with Crippen LogP contribution >= 0.6 is 0 Å². The molecule has 1 saturated carbocycles. The molecule has 2 rings (SSSR count). The fourth-order valence-electron chi connectivity index (χ4n) is 1.63. The van der Waals surface area contributed by atoms with Gasteiger partial charge in [-0.3, -0.25) is 4.79 Å². The van der Waals surface area contributed by atoms with Crippen molar-refractivity contribution >= 4 is 11.6 Å². The van der Waals surface area contributed by atoms with Gasteiger partial charge in [-0.05, 0) is 39.1 Å². The maximum Gasteiger partial charge on any atom is 0.244 e. The first kappa shape index (κ1) is 13.8. The molecule has 1 aliphatic rings. The minimum atomic E-state index is -0.651. The molecule has 3 N–H and O–H groups in total. The summed E-state index contributed by atoms with van der Waals surface area (Å²) >= 11 is 0. The third-order valence-corrected chi connectivity index (χ3v) is 3.14. The standard InChI is InChI=1S/C14H21N3O2/c1-17(2)8-9-19-12-5-3-4-11(10-12)16-13(18)14(15)6-7-14/h3-5,10H,6-9,15H2,1-2H3,(H,16,18). The molecule has 0 aliphatic heterocycles. The molecule has 0 heterocycles. The Labute approximate surface area is 113 Å². The molecule has 0 atom stereocenters. The van der Waals surface area contributed by atoms with Crippen molar-refractivity contribution in [2.75, 3.05) is 32.6 Å². The van der Waals surface area contributed by atoms with Crippen molar-refractivity contribution in [1.82, 2.24) is 4.90 Å². The lowest BCUT2D eigenvalue weighted by Crippen LogP contribution is -2.37. The summed E-state index contributed by atoms with van der Waals surface area (Å²) in [5, 5.41) is 2.83. The van der Waals surface area contributed by atoms with Crippen LogP contribution in [0.25, 0.3) is 0 Å². The number of ether oxygens (including phenoxy) is 1. The summed E-state index contributed by atoms with van der Waals surface area (Å²) in [4.78, 5) is 13.9. The summed E-state index contributed by atoms with van der Waals surface area (Å²) in [6, 6.07) is 7.39. The van der Waals surface area contributed by atoms with Crippen LogP contribution in [0, 0.1) is 0 Å². The second-order valence-electron chi connectivity index (χ2n) is 5.29. The van der Waals surface area contributed by atoms with Crippen LogP contribution in [0.4, 0.5) is 5.69 Å². The molecular weight excluding hydrogens is 242 g/mol. The monoisotopic (exact) mass is 263 g/mol. The molecule has 5 heteroatoms. The predicted molar refractivity (Wildman–Crippen MR) is 75.3 cm³/mol. The van der Waals surface area contributed by atoms with Crippen molar-refractivity contribution < 1.29 is 9.53 Å². The van der Waals surface area contributed by atoms with Crippen LogP contribution in [0.5, 0.6) is 5.75 Å². The van der Waals surface area contributed by atoms with Crippen molar-refractivity contribution in [2.24, 2.45) is 5.73 Å². The molecule has 0 unspecified atom stereocenters. The van der Waals surface area contributed by atoms with E-state index in [1.165, 1.54) is 0 Å². The van der Waals surface area contributed by atoms with Crippen LogP contribution in [0.3, 0.4) is 0 Å². The number of nitrogens with one attached hydrogen (secondary N) is 1. The molecule has 1 fully saturated rings. The van der Waals surface area contributed by atoms with E-state index in [1.807, 2.05) is 38.4 Å². The molecule has 1 aromatic rings. The van der Waals surface area contributed by atoms with Crippen molar-refractivity contribution in [3.05, 3.63) is 24.3 Å². The van der Waals surface area contributed by atoms with Crippen LogP contribution in [0.1, 0.15) is 12.8 Å². The zero-order valence-electron chi connectivity index (χ0n) is 11.5. The van der Waals surface area contributed by atoms with Crippen molar-refractivity contribution in [3.63, 3.8) is 0 Å². The number of likely N-dealkylation sites (N-methyl/N-ethyl adjacent to an activating group) is 1. The van der Waals surface area contributed by atoms with Gasteiger partial charge in [0.25, 0.3) is 0 Å². The number of nitrogens with zero attached hydrogens (tertiary/aromatic N) is 1. The number of benzene rings is 1. The average Bonchev–Trinajstić information content (AvgIpc) is 3.09. The second-order valence-corrected chi connectivity index (χ2v) is 5.29. The number of carbonyl (C=O) groups excluding carboxylic acids is 1. The van der Waals surface area contributed by atoms with Gasteiger partial charge < -0.3 is 20.7 Å². The van der Waals surface area contributed by atoms with Gasteiger partial charge in [0.2, 0.25) is 5.91 Å². The number of anilines is 1. The Morgan fingerprint density at radius 1 is 1.47 bits per heavy atom. The third-order valence-electron chi connectivity index (χ3n) is 3.14. The second kappa shape index (κ2) is 5.59. The molecule has 0 radical (unpaired) electrons. The summed E-state index contributed by atoms with van der Waals surface area (Å²) in [6.07, 6.45) is 1.52. The molecule has 19 heavy (non-hydrogen) atoms. The van der Waals surface area contributed by atoms with Gasteiger partial charge >= 0.3 is 0 Å². The zero-order valence-corrected chi connectivity index (χ0v) is 11.5. The van der Waals surface area contributed by atoms with Crippen molar-refractivity contribution in [1.29, 1.82) is 0 Å². The molecule has 0 aromatic heterocycles. The number of hydrogen-bond acceptors (Lipinski definition) is 4. The Hall–Kier alpha value is -1.59. The van der Waals surface area contributed by atoms with E-state index in [0.29, 0.717) is 6.61 Å². The Balaban J connectivity index is 1.89. The Morgan fingerprint density at radius 2 is 2.21 bits per heavy atom. The zero-order chi connectivity index (χ0) is 13.9. The maximum absolute atomic E-state index is 11.8. The van der Waals surface area contributed by atoms with Crippen LogP contribution in [0.2, 0.25) is 0 Å². The molecule has 0 spiro atoms. The smallest absolute Gasteiger partial charge is 0.244 e. The van der Waals surface area contributed by atoms with Gasteiger partial charge in [0.05, 0.1) is 5.54 Å². The highest BCUT2D eigenvalue weighted by atomic mass is 16.5. The van der Waals surface area contributed by atoms with E-state index in [4.69, 9.17) is 10.5 Å². The van der Waals surface area contributed by atoms with E-state index < -0.39 is 5.54 Å². The predicted octanol–water partition coefficient (Wildman–Crippen LogP) is 1.06. The highest BCUT2D eigenvalue weighted by Gasteiger charge is 2.45. The fourth-order valence-corrected chi connectivity index (χ4v) is 1.63. The first-order chi connectivity index (χ1) is 8.99. The van der Waals surface area contributed by atoms with Gasteiger partial charge in [-0.2, -0.15) is 0 Å². The van der Waals surface area contributed by atoms with Crippen LogP contribution in [-0.4, -0.2) is 43.6 Å². The minimum absolute atomic E-state index is 0.113. The lowest BCUT2D eigenvalue weighted by Gasteiger charge is -2.13. The molecular formula is C14H21N3O2. The van der Waals surface area contributed by atoms with E-state index in [-0.39, 0.29) is 5.91 Å². The van der Waals surface area contributed by atoms with Crippen LogP contribution < -0.4 is 15.8 Å². The maximum atomic E-state index is 11.8. The van der Waals surface area contributed by atoms with E-state index in [2.05, 4.69) is 10.2 Å². The number of nitrogens with two attached hydrogens (primary N) is 1. The largest absolute Gasteiger partial charge is 0.492 e.